The van der Waals surface area contributed by atoms with Gasteiger partial charge in [-0.1, -0.05) is 0 Å². The van der Waals surface area contributed by atoms with E-state index in [0.717, 1.165) is 10.9 Å². The van der Waals surface area contributed by atoms with Crippen molar-refractivity contribution in [1.29, 1.82) is 0 Å². The van der Waals surface area contributed by atoms with Crippen molar-refractivity contribution in [2.24, 2.45) is 0 Å². The molecule has 1 aromatic heterocycles. The van der Waals surface area contributed by atoms with E-state index in [1.54, 1.807) is 6.07 Å². The van der Waals surface area contributed by atoms with Crippen LogP contribution in [0.4, 0.5) is 11.4 Å². The number of phenolic OH excluding ortho intramolecular Hbond substituents is 1. The number of hydrogen-bond donors (Lipinski definition) is 2. The molecule has 0 bridgehead atoms. The molecule has 0 amide bonds. The van der Waals surface area contributed by atoms with Gasteiger partial charge in [0, 0.05) is 47.4 Å². The molecule has 1 heterocycles. The van der Waals surface area contributed by atoms with E-state index in [1.807, 2.05) is 19.1 Å². The summed E-state index contributed by atoms with van der Waals surface area (Å²) < 4.78 is 5.18. The van der Waals surface area contributed by atoms with Gasteiger partial charge < -0.3 is 14.8 Å². The van der Waals surface area contributed by atoms with E-state index >= 15 is 0 Å². The standard InChI is InChI=1S/C17H14N2O5/c1-10-6-17(21)24-16-8-12(2-4-14(10)16)18-9-11-7-13(19(22)23)3-5-15(11)20/h2-8,18,20H,9H2,1H3. The molecule has 0 unspecified atom stereocenters. The zero-order valence-electron chi connectivity index (χ0n) is 12.8. The Morgan fingerprint density at radius 1 is 1.21 bits per heavy atom. The molecule has 7 nitrogen and oxygen atoms in total. The monoisotopic (exact) mass is 326 g/mol. The largest absolute Gasteiger partial charge is 0.508 e. The Bertz CT molecular complexity index is 994. The van der Waals surface area contributed by atoms with E-state index in [0.29, 0.717) is 16.8 Å². The minimum absolute atomic E-state index is 0.0312. The molecule has 0 aliphatic carbocycles. The highest BCUT2D eigenvalue weighted by Gasteiger charge is 2.10. The molecule has 0 radical (unpaired) electrons. The number of hydrogen-bond acceptors (Lipinski definition) is 6. The van der Waals surface area contributed by atoms with Crippen molar-refractivity contribution in [2.75, 3.05) is 5.32 Å². The molecule has 0 saturated carbocycles. The third-order valence-corrected chi connectivity index (χ3v) is 3.71. The van der Waals surface area contributed by atoms with Crippen molar-refractivity contribution < 1.29 is 14.4 Å². The molecular weight excluding hydrogens is 312 g/mol. The lowest BCUT2D eigenvalue weighted by molar-refractivity contribution is -0.384. The number of non-ortho nitro benzene ring substituents is 1. The summed E-state index contributed by atoms with van der Waals surface area (Å²) in [6, 6.07) is 10.6. The van der Waals surface area contributed by atoms with Crippen LogP contribution in [0, 0.1) is 17.0 Å². The van der Waals surface area contributed by atoms with Crippen molar-refractivity contribution >= 4 is 22.3 Å². The van der Waals surface area contributed by atoms with Gasteiger partial charge in [-0.05, 0) is 30.7 Å². The summed E-state index contributed by atoms with van der Waals surface area (Å²) in [7, 11) is 0. The molecule has 3 aromatic rings. The molecule has 3 rings (SSSR count). The first-order valence-corrected chi connectivity index (χ1v) is 7.19. The van der Waals surface area contributed by atoms with E-state index in [9.17, 15) is 20.0 Å². The first-order valence-electron chi connectivity index (χ1n) is 7.19. The Labute approximate surface area is 136 Å². The third kappa shape index (κ3) is 3.05. The molecule has 0 aliphatic heterocycles. The van der Waals surface area contributed by atoms with Crippen LogP contribution >= 0.6 is 0 Å². The molecule has 0 aliphatic rings. The fraction of sp³-hybridized carbons (Fsp3) is 0.118. The Balaban J connectivity index is 1.87. The summed E-state index contributed by atoms with van der Waals surface area (Å²) in [6.07, 6.45) is 0. The summed E-state index contributed by atoms with van der Waals surface area (Å²) >= 11 is 0. The summed E-state index contributed by atoms with van der Waals surface area (Å²) in [5.41, 5.74) is 1.83. The Morgan fingerprint density at radius 2 is 2.00 bits per heavy atom. The minimum atomic E-state index is -0.517. The van der Waals surface area contributed by atoms with Crippen molar-refractivity contribution in [3.63, 3.8) is 0 Å². The number of nitro benzene ring substituents is 1. The maximum atomic E-state index is 11.5. The fourth-order valence-electron chi connectivity index (χ4n) is 2.46. The number of benzene rings is 2. The second kappa shape index (κ2) is 6.04. The zero-order valence-corrected chi connectivity index (χ0v) is 12.8. The molecular formula is C17H14N2O5. The van der Waals surface area contributed by atoms with Gasteiger partial charge >= 0.3 is 5.63 Å². The maximum absolute atomic E-state index is 11.5. The summed E-state index contributed by atoms with van der Waals surface area (Å²) in [5.74, 6) is -0.0312. The first-order chi connectivity index (χ1) is 11.4. The lowest BCUT2D eigenvalue weighted by Crippen LogP contribution is -2.02. The quantitative estimate of drug-likeness (QED) is 0.433. The van der Waals surface area contributed by atoms with Crippen LogP contribution in [-0.4, -0.2) is 10.0 Å². The normalized spacial score (nSPS) is 10.7. The molecule has 2 N–H and O–H groups in total. The van der Waals surface area contributed by atoms with E-state index < -0.39 is 10.5 Å². The van der Waals surface area contributed by atoms with Crippen LogP contribution in [0.5, 0.6) is 5.75 Å². The summed E-state index contributed by atoms with van der Waals surface area (Å²) in [5, 5.41) is 24.5. The molecule has 0 spiro atoms. The molecule has 7 heteroatoms. The second-order valence-corrected chi connectivity index (χ2v) is 5.38. The van der Waals surface area contributed by atoms with Crippen molar-refractivity contribution in [3.05, 3.63) is 74.1 Å². The number of aryl methyl sites for hydroxylation is 1. The lowest BCUT2D eigenvalue weighted by atomic mass is 10.1. The fourth-order valence-corrected chi connectivity index (χ4v) is 2.46. The lowest BCUT2D eigenvalue weighted by Gasteiger charge is -2.09. The number of nitro groups is 1. The van der Waals surface area contributed by atoms with Gasteiger partial charge in [0.05, 0.1) is 4.92 Å². The number of anilines is 1. The maximum Gasteiger partial charge on any atom is 0.336 e. The highest BCUT2D eigenvalue weighted by Crippen LogP contribution is 2.25. The molecule has 0 fully saturated rings. The van der Waals surface area contributed by atoms with Crippen molar-refractivity contribution in [2.45, 2.75) is 13.5 Å². The van der Waals surface area contributed by atoms with Crippen LogP contribution in [0.1, 0.15) is 11.1 Å². The predicted octanol–water partition coefficient (Wildman–Crippen LogP) is 3.33. The zero-order chi connectivity index (χ0) is 17.3. The Morgan fingerprint density at radius 3 is 2.75 bits per heavy atom. The van der Waals surface area contributed by atoms with Gasteiger partial charge in [0.1, 0.15) is 11.3 Å². The molecule has 0 saturated heterocycles. The van der Waals surface area contributed by atoms with E-state index in [4.69, 9.17) is 4.42 Å². The number of phenols is 1. The number of rotatable bonds is 4. The molecule has 122 valence electrons. The van der Waals surface area contributed by atoms with Crippen LogP contribution in [0.25, 0.3) is 11.0 Å². The van der Waals surface area contributed by atoms with Crippen molar-refractivity contribution in [3.8, 4) is 5.75 Å². The second-order valence-electron chi connectivity index (χ2n) is 5.38. The predicted molar refractivity (Wildman–Crippen MR) is 89.3 cm³/mol. The SMILES string of the molecule is Cc1cc(=O)oc2cc(NCc3cc([N+](=O)[O-])ccc3O)ccc12. The number of nitrogens with zero attached hydrogens (tertiary/aromatic N) is 1. The van der Waals surface area contributed by atoms with Crippen molar-refractivity contribution in [1.82, 2.24) is 0 Å². The van der Waals surface area contributed by atoms with Gasteiger partial charge in [-0.15, -0.1) is 0 Å². The first kappa shape index (κ1) is 15.5. The molecule has 2 aromatic carbocycles. The topological polar surface area (TPSA) is 106 Å². The average molecular weight is 326 g/mol. The average Bonchev–Trinajstić information content (AvgIpc) is 2.53. The van der Waals surface area contributed by atoms with Gasteiger partial charge in [-0.3, -0.25) is 10.1 Å². The Kier molecular flexibility index (Phi) is 3.91. The highest BCUT2D eigenvalue weighted by molar-refractivity contribution is 5.83. The molecule has 24 heavy (non-hydrogen) atoms. The minimum Gasteiger partial charge on any atom is -0.508 e. The highest BCUT2D eigenvalue weighted by atomic mass is 16.6. The van der Waals surface area contributed by atoms with Crippen LogP contribution in [0.15, 0.2) is 51.7 Å². The van der Waals surface area contributed by atoms with Crippen LogP contribution in [0.3, 0.4) is 0 Å². The summed E-state index contributed by atoms with van der Waals surface area (Å²) in [4.78, 5) is 21.7. The van der Waals surface area contributed by atoms with Crippen LogP contribution in [-0.2, 0) is 6.54 Å². The Hall–Kier alpha value is -3.35. The van der Waals surface area contributed by atoms with Crippen LogP contribution < -0.4 is 10.9 Å². The summed E-state index contributed by atoms with van der Waals surface area (Å²) in [6.45, 7) is 2.02. The van der Waals surface area contributed by atoms with Gasteiger partial charge in [0.25, 0.3) is 5.69 Å². The van der Waals surface area contributed by atoms with E-state index in [2.05, 4.69) is 5.32 Å². The van der Waals surface area contributed by atoms with Crippen LogP contribution in [0.2, 0.25) is 0 Å². The smallest absolute Gasteiger partial charge is 0.336 e. The number of fused-ring (bicyclic) bond motifs is 1. The van der Waals surface area contributed by atoms with Gasteiger partial charge in [-0.25, -0.2) is 4.79 Å². The molecule has 0 atom stereocenters. The van der Waals surface area contributed by atoms with E-state index in [-0.39, 0.29) is 18.0 Å². The van der Waals surface area contributed by atoms with Gasteiger partial charge in [0.15, 0.2) is 0 Å². The van der Waals surface area contributed by atoms with E-state index in [1.165, 1.54) is 24.3 Å². The van der Waals surface area contributed by atoms with Gasteiger partial charge in [0.2, 0.25) is 0 Å². The number of nitrogens with one attached hydrogen (secondary N) is 1. The number of aromatic hydroxyl groups is 1. The third-order valence-electron chi connectivity index (χ3n) is 3.71. The van der Waals surface area contributed by atoms with Gasteiger partial charge in [-0.2, -0.15) is 0 Å².